The van der Waals surface area contributed by atoms with Gasteiger partial charge in [0.1, 0.15) is 0 Å². The molecule has 1 aliphatic rings. The van der Waals surface area contributed by atoms with Crippen molar-refractivity contribution < 1.29 is 8.79 Å². The molecule has 0 heterocycles. The molecule has 0 aromatic rings. The van der Waals surface area contributed by atoms with E-state index in [-0.39, 0.29) is 0 Å². The number of likely N-dealkylation sites (N-methyl/N-ethyl adjacent to an activating group) is 4. The number of hydrogen-bond acceptors (Lipinski definition) is 2. The van der Waals surface area contributed by atoms with Crippen LogP contribution >= 0.6 is 7.44 Å². The number of rotatable bonds is 9. The molecule has 1 rings (SSSR count). The van der Waals surface area contributed by atoms with E-state index in [1.807, 2.05) is 28.2 Å². The first-order chi connectivity index (χ1) is 10.9. The van der Waals surface area contributed by atoms with Crippen LogP contribution < -0.4 is 0 Å². The summed E-state index contributed by atoms with van der Waals surface area (Å²) in [6.45, 7) is 3.65. The van der Waals surface area contributed by atoms with E-state index in [1.165, 1.54) is 32.1 Å². The van der Waals surface area contributed by atoms with Crippen LogP contribution in [0.25, 0.3) is 0 Å². The van der Waals surface area contributed by atoms with Crippen molar-refractivity contribution in [2.24, 2.45) is 0 Å². The lowest BCUT2D eigenvalue weighted by molar-refractivity contribution is -0.772. The van der Waals surface area contributed by atoms with E-state index in [0.29, 0.717) is 14.4 Å². The van der Waals surface area contributed by atoms with Crippen molar-refractivity contribution in [3.8, 4) is 0 Å². The summed E-state index contributed by atoms with van der Waals surface area (Å²) in [7, 11) is 30.1. The standard InChI is InChI=1S/C16H37B3N4P/c1-20(12-14-22(3,4)17)24(19,16-10-8-7-9-11-16)21(2)13-15-23(5,6)18/h16H,7-15H2,1-6H3/q+3. The molecule has 0 amide bonds. The first-order valence-corrected chi connectivity index (χ1v) is 11.0. The van der Waals surface area contributed by atoms with E-state index in [0.717, 1.165) is 26.2 Å². The van der Waals surface area contributed by atoms with Gasteiger partial charge in [0.25, 0.3) is 0 Å². The molecule has 0 saturated heterocycles. The van der Waals surface area contributed by atoms with Gasteiger partial charge in [-0.05, 0) is 25.7 Å². The van der Waals surface area contributed by atoms with Gasteiger partial charge < -0.3 is 8.79 Å². The van der Waals surface area contributed by atoms with Gasteiger partial charge >= 0.3 is 23.5 Å². The molecule has 0 bridgehead atoms. The van der Waals surface area contributed by atoms with Crippen LogP contribution in [-0.4, -0.2) is 116 Å². The van der Waals surface area contributed by atoms with Crippen LogP contribution in [0.15, 0.2) is 0 Å². The van der Waals surface area contributed by atoms with Crippen LogP contribution in [0, 0.1) is 0 Å². The maximum Gasteiger partial charge on any atom is 0.480 e. The van der Waals surface area contributed by atoms with Crippen molar-refractivity contribution in [3.63, 3.8) is 0 Å². The molecular weight excluding hydrogens is 312 g/mol. The van der Waals surface area contributed by atoms with E-state index in [1.54, 1.807) is 0 Å². The summed E-state index contributed by atoms with van der Waals surface area (Å²) >= 11 is 0. The fourth-order valence-corrected chi connectivity index (χ4v) is 6.99. The van der Waals surface area contributed by atoms with Crippen molar-refractivity contribution in [3.05, 3.63) is 0 Å². The first-order valence-electron chi connectivity index (χ1n) is 9.20. The van der Waals surface area contributed by atoms with Gasteiger partial charge in [-0.1, -0.05) is 6.42 Å². The van der Waals surface area contributed by atoms with Crippen LogP contribution in [-0.2, 0) is 0 Å². The Hall–Kier alpha value is 0.465. The minimum atomic E-state index is -1.86. The largest absolute Gasteiger partial charge is 0.480 e. The Morgan fingerprint density at radius 3 is 1.54 bits per heavy atom. The Morgan fingerprint density at radius 1 is 0.833 bits per heavy atom. The summed E-state index contributed by atoms with van der Waals surface area (Å²) in [6.07, 6.45) is 6.47. The SMILES string of the molecule is [B][N+](C)(C)CCN(C)[P+]([B])(C1CCCCC1)N(C)CC[N+]([B])(C)C. The summed E-state index contributed by atoms with van der Waals surface area (Å²) in [4.78, 5) is 0. The predicted molar refractivity (Wildman–Crippen MR) is 110 cm³/mol. The fourth-order valence-electron chi connectivity index (χ4n) is 3.40. The molecule has 132 valence electrons. The van der Waals surface area contributed by atoms with Gasteiger partial charge in [0, 0.05) is 42.3 Å². The number of quaternary nitrogens is 2. The maximum atomic E-state index is 7.19. The molecule has 4 nitrogen and oxygen atoms in total. The van der Waals surface area contributed by atoms with Gasteiger partial charge in [-0.3, -0.25) is 0 Å². The van der Waals surface area contributed by atoms with E-state index in [9.17, 15) is 0 Å². The minimum absolute atomic E-state index is 0.478. The van der Waals surface area contributed by atoms with Crippen LogP contribution in [0.3, 0.4) is 0 Å². The molecule has 1 aliphatic carbocycles. The predicted octanol–water partition coefficient (Wildman–Crippen LogP) is 1.43. The fraction of sp³-hybridized carbons (Fsp3) is 1.00. The highest BCUT2D eigenvalue weighted by Crippen LogP contribution is 2.66. The number of hydrogen-bond donors (Lipinski definition) is 0. The summed E-state index contributed by atoms with van der Waals surface area (Å²) in [5, 5.41) is 0. The molecule has 8 heteroatoms. The summed E-state index contributed by atoms with van der Waals surface area (Å²) in [6, 6.07) is 0. The lowest BCUT2D eigenvalue weighted by Gasteiger charge is -2.45. The molecule has 6 radical (unpaired) electrons. The Kier molecular flexibility index (Phi) is 8.35. The number of nitrogens with zero attached hydrogens (tertiary/aromatic N) is 4. The summed E-state index contributed by atoms with van der Waals surface area (Å²) in [5.41, 5.74) is 0.600. The molecule has 0 N–H and O–H groups in total. The second kappa shape index (κ2) is 8.91. The average molecular weight is 349 g/mol. The molecule has 0 unspecified atom stereocenters. The second-order valence-corrected chi connectivity index (χ2v) is 12.3. The maximum absolute atomic E-state index is 7.19. The smallest absolute Gasteiger partial charge is 0.400 e. The quantitative estimate of drug-likeness (QED) is 0.459. The van der Waals surface area contributed by atoms with Crippen molar-refractivity contribution in [2.45, 2.75) is 37.8 Å². The van der Waals surface area contributed by atoms with Gasteiger partial charge in [-0.25, -0.2) is 0 Å². The Labute approximate surface area is 155 Å². The monoisotopic (exact) mass is 349 g/mol. The topological polar surface area (TPSA) is 6.48 Å². The molecular formula is C16H37B3N4P+3. The highest BCUT2D eigenvalue weighted by atomic mass is 31.2. The molecule has 0 aromatic carbocycles. The second-order valence-electron chi connectivity index (χ2n) is 8.76. The van der Waals surface area contributed by atoms with Gasteiger partial charge in [0.15, 0.2) is 0 Å². The summed E-state index contributed by atoms with van der Waals surface area (Å²) in [5.74, 6) is 0. The summed E-state index contributed by atoms with van der Waals surface area (Å²) < 4.78 is 5.80. The molecule has 1 fully saturated rings. The molecule has 0 aromatic heterocycles. The molecule has 0 spiro atoms. The zero-order valence-corrected chi connectivity index (χ0v) is 17.8. The molecule has 24 heavy (non-hydrogen) atoms. The zero-order chi connectivity index (χ0) is 18.6. The van der Waals surface area contributed by atoms with E-state index in [2.05, 4.69) is 23.4 Å². The normalized spacial score (nSPS) is 18.5. The van der Waals surface area contributed by atoms with Gasteiger partial charge in [0.05, 0.1) is 39.3 Å². The third-order valence-electron chi connectivity index (χ3n) is 5.21. The van der Waals surface area contributed by atoms with Crippen molar-refractivity contribution in [1.29, 1.82) is 0 Å². The lowest BCUT2D eigenvalue weighted by Crippen LogP contribution is -2.48. The molecule has 0 atom stereocenters. The third-order valence-corrected chi connectivity index (χ3v) is 9.38. The molecule has 0 aliphatic heterocycles. The van der Waals surface area contributed by atoms with Crippen LogP contribution in [0.2, 0.25) is 0 Å². The van der Waals surface area contributed by atoms with Crippen LogP contribution in [0.4, 0.5) is 0 Å². The average Bonchev–Trinajstić information content (AvgIpc) is 2.48. The van der Waals surface area contributed by atoms with Crippen molar-refractivity contribution >= 4 is 31.0 Å². The zero-order valence-electron chi connectivity index (χ0n) is 16.9. The van der Waals surface area contributed by atoms with Gasteiger partial charge in [-0.15, -0.1) is 0 Å². The lowest BCUT2D eigenvalue weighted by atomic mass is 10.0. The van der Waals surface area contributed by atoms with E-state index in [4.69, 9.17) is 23.5 Å². The highest BCUT2D eigenvalue weighted by molar-refractivity contribution is 7.94. The van der Waals surface area contributed by atoms with Crippen LogP contribution in [0.5, 0.6) is 0 Å². The highest BCUT2D eigenvalue weighted by Gasteiger charge is 2.49. The Bertz CT molecular complexity index is 354. The van der Waals surface area contributed by atoms with Crippen molar-refractivity contribution in [1.82, 2.24) is 9.34 Å². The van der Waals surface area contributed by atoms with E-state index < -0.39 is 7.44 Å². The van der Waals surface area contributed by atoms with Crippen molar-refractivity contribution in [2.75, 3.05) is 68.5 Å². The van der Waals surface area contributed by atoms with Crippen LogP contribution in [0.1, 0.15) is 32.1 Å². The Balaban J connectivity index is 2.88. The first kappa shape index (κ1) is 22.5. The minimum Gasteiger partial charge on any atom is -0.400 e. The third kappa shape index (κ3) is 7.00. The van der Waals surface area contributed by atoms with Gasteiger partial charge in [-0.2, -0.15) is 9.34 Å². The Morgan fingerprint density at radius 2 is 1.21 bits per heavy atom. The molecule has 1 saturated carbocycles. The van der Waals surface area contributed by atoms with Gasteiger partial charge in [0.2, 0.25) is 0 Å². The van der Waals surface area contributed by atoms with E-state index >= 15 is 0 Å².